The Hall–Kier alpha value is -1.91. The van der Waals surface area contributed by atoms with E-state index >= 15 is 0 Å². The quantitative estimate of drug-likeness (QED) is 0.898. The van der Waals surface area contributed by atoms with Crippen LogP contribution in [-0.2, 0) is 4.79 Å². The molecule has 0 aliphatic heterocycles. The Balaban J connectivity index is 2.18. The number of aryl methyl sites for hydroxylation is 2. The van der Waals surface area contributed by atoms with Gasteiger partial charge in [-0.05, 0) is 31.9 Å². The maximum Gasteiger partial charge on any atom is 0.323 e. The minimum absolute atomic E-state index is 0.166. The van der Waals surface area contributed by atoms with Gasteiger partial charge in [0.25, 0.3) is 5.91 Å². The van der Waals surface area contributed by atoms with E-state index in [9.17, 15) is 14.0 Å². The van der Waals surface area contributed by atoms with Gasteiger partial charge in [-0.1, -0.05) is 17.7 Å². The zero-order valence-corrected chi connectivity index (χ0v) is 11.6. The van der Waals surface area contributed by atoms with Crippen molar-refractivity contribution in [1.29, 1.82) is 0 Å². The van der Waals surface area contributed by atoms with Gasteiger partial charge in [0.15, 0.2) is 0 Å². The zero-order chi connectivity index (χ0) is 14.9. The lowest BCUT2D eigenvalue weighted by atomic mass is 10.0. The van der Waals surface area contributed by atoms with Crippen molar-refractivity contribution < 1.29 is 19.1 Å². The first kappa shape index (κ1) is 14.5. The van der Waals surface area contributed by atoms with Crippen molar-refractivity contribution in [1.82, 2.24) is 4.90 Å². The Labute approximate surface area is 117 Å². The Morgan fingerprint density at radius 1 is 1.40 bits per heavy atom. The van der Waals surface area contributed by atoms with E-state index in [1.807, 2.05) is 26.0 Å². The second kappa shape index (κ2) is 5.61. The molecule has 1 aliphatic carbocycles. The first-order valence-corrected chi connectivity index (χ1v) is 6.61. The average Bonchev–Trinajstić information content (AvgIpc) is 3.03. The fraction of sp³-hybridized carbons (Fsp3) is 0.467. The maximum atomic E-state index is 13.0. The molecule has 1 amide bonds. The molecular formula is C15H18FNO3. The molecule has 1 fully saturated rings. The molecule has 4 nitrogen and oxygen atoms in total. The summed E-state index contributed by atoms with van der Waals surface area (Å²) in [5.41, 5.74) is 2.32. The Bertz CT molecular complexity index is 544. The number of carboxylic acids is 1. The third-order valence-electron chi connectivity index (χ3n) is 3.52. The van der Waals surface area contributed by atoms with Crippen molar-refractivity contribution in [2.75, 3.05) is 13.1 Å². The van der Waals surface area contributed by atoms with E-state index in [1.165, 1.54) is 4.90 Å². The number of hydrogen-bond donors (Lipinski definition) is 1. The molecule has 108 valence electrons. The summed E-state index contributed by atoms with van der Waals surface area (Å²) in [5.74, 6) is -1.65. The molecule has 20 heavy (non-hydrogen) atoms. The van der Waals surface area contributed by atoms with Gasteiger partial charge in [0.2, 0.25) is 0 Å². The maximum absolute atomic E-state index is 13.0. The Kier molecular flexibility index (Phi) is 4.06. The van der Waals surface area contributed by atoms with Gasteiger partial charge < -0.3 is 10.0 Å². The molecule has 1 aromatic rings. The molecule has 1 saturated carbocycles. The van der Waals surface area contributed by atoms with Crippen molar-refractivity contribution in [3.63, 3.8) is 0 Å². The average molecular weight is 279 g/mol. The lowest BCUT2D eigenvalue weighted by Gasteiger charge is -2.21. The number of carbonyl (C=O) groups is 2. The van der Waals surface area contributed by atoms with Crippen molar-refractivity contribution >= 4 is 11.9 Å². The van der Waals surface area contributed by atoms with E-state index in [4.69, 9.17) is 5.11 Å². The van der Waals surface area contributed by atoms with Crippen LogP contribution >= 0.6 is 0 Å². The van der Waals surface area contributed by atoms with E-state index in [1.54, 1.807) is 6.07 Å². The van der Waals surface area contributed by atoms with Gasteiger partial charge in [0.05, 0.1) is 0 Å². The summed E-state index contributed by atoms with van der Waals surface area (Å²) in [6.07, 6.45) is -0.491. The molecule has 0 spiro atoms. The van der Waals surface area contributed by atoms with Gasteiger partial charge in [-0.25, -0.2) is 4.39 Å². The molecule has 0 bridgehead atoms. The van der Waals surface area contributed by atoms with E-state index in [2.05, 4.69) is 0 Å². The lowest BCUT2D eigenvalue weighted by Crippen LogP contribution is -2.37. The van der Waals surface area contributed by atoms with Crippen molar-refractivity contribution in [3.8, 4) is 0 Å². The first-order valence-electron chi connectivity index (χ1n) is 6.61. The number of carbonyl (C=O) groups excluding carboxylic acids is 1. The predicted molar refractivity (Wildman–Crippen MR) is 72.5 cm³/mol. The van der Waals surface area contributed by atoms with E-state index < -0.39 is 18.7 Å². The Morgan fingerprint density at radius 2 is 2.05 bits per heavy atom. The summed E-state index contributed by atoms with van der Waals surface area (Å²) in [4.78, 5) is 24.5. The summed E-state index contributed by atoms with van der Waals surface area (Å²) in [6.45, 7) is 3.51. The first-order chi connectivity index (χ1) is 9.38. The number of amides is 1. The monoisotopic (exact) mass is 279 g/mol. The van der Waals surface area contributed by atoms with Crippen LogP contribution in [0.2, 0.25) is 0 Å². The molecule has 2 unspecified atom stereocenters. The van der Waals surface area contributed by atoms with Crippen molar-refractivity contribution in [2.45, 2.75) is 26.4 Å². The lowest BCUT2D eigenvalue weighted by molar-refractivity contribution is -0.137. The summed E-state index contributed by atoms with van der Waals surface area (Å²) in [5, 5.41) is 8.90. The fourth-order valence-corrected chi connectivity index (χ4v) is 2.29. The molecule has 0 radical (unpaired) electrons. The number of rotatable bonds is 5. The highest BCUT2D eigenvalue weighted by atomic mass is 19.1. The number of alkyl halides is 1. The predicted octanol–water partition coefficient (Wildman–Crippen LogP) is 2.19. The van der Waals surface area contributed by atoms with Gasteiger partial charge in [-0.3, -0.25) is 9.59 Å². The number of halogens is 1. The standard InChI is InChI=1S/C15H18FNO3/c1-9-3-4-12(10(2)5-9)15(20)17(8-14(18)19)7-11-6-13(11)16/h3-5,11,13H,6-8H2,1-2H3,(H,18,19). The van der Waals surface area contributed by atoms with Gasteiger partial charge in [-0.15, -0.1) is 0 Å². The van der Waals surface area contributed by atoms with E-state index in [-0.39, 0.29) is 18.4 Å². The van der Waals surface area contributed by atoms with Crippen LogP contribution in [0, 0.1) is 19.8 Å². The largest absolute Gasteiger partial charge is 0.480 e. The third-order valence-corrected chi connectivity index (χ3v) is 3.52. The van der Waals surface area contributed by atoms with Crippen LogP contribution in [0.4, 0.5) is 4.39 Å². The van der Waals surface area contributed by atoms with Crippen LogP contribution in [0.15, 0.2) is 18.2 Å². The minimum Gasteiger partial charge on any atom is -0.480 e. The summed E-state index contributed by atoms with van der Waals surface area (Å²) >= 11 is 0. The Morgan fingerprint density at radius 3 is 2.55 bits per heavy atom. The summed E-state index contributed by atoms with van der Waals surface area (Å²) in [7, 11) is 0. The highest BCUT2D eigenvalue weighted by molar-refractivity contribution is 5.97. The summed E-state index contributed by atoms with van der Waals surface area (Å²) < 4.78 is 13.0. The van der Waals surface area contributed by atoms with Crippen LogP contribution in [0.25, 0.3) is 0 Å². The minimum atomic E-state index is -1.08. The van der Waals surface area contributed by atoms with E-state index in [0.29, 0.717) is 12.0 Å². The van der Waals surface area contributed by atoms with Gasteiger partial charge in [0, 0.05) is 18.0 Å². The molecular weight excluding hydrogens is 261 g/mol. The third kappa shape index (κ3) is 3.35. The van der Waals surface area contributed by atoms with Crippen LogP contribution < -0.4 is 0 Å². The van der Waals surface area contributed by atoms with Crippen LogP contribution in [0.1, 0.15) is 27.9 Å². The second-order valence-electron chi connectivity index (χ2n) is 5.41. The normalized spacial score (nSPS) is 20.6. The van der Waals surface area contributed by atoms with Crippen LogP contribution in [0.3, 0.4) is 0 Å². The van der Waals surface area contributed by atoms with E-state index in [0.717, 1.165) is 11.1 Å². The molecule has 5 heteroatoms. The number of benzene rings is 1. The number of aliphatic carboxylic acids is 1. The van der Waals surface area contributed by atoms with Gasteiger partial charge in [-0.2, -0.15) is 0 Å². The van der Waals surface area contributed by atoms with Gasteiger partial charge >= 0.3 is 5.97 Å². The van der Waals surface area contributed by atoms with Crippen molar-refractivity contribution in [2.24, 2.45) is 5.92 Å². The molecule has 0 heterocycles. The van der Waals surface area contributed by atoms with Crippen LogP contribution in [-0.4, -0.2) is 41.1 Å². The second-order valence-corrected chi connectivity index (χ2v) is 5.41. The molecule has 1 N–H and O–H groups in total. The SMILES string of the molecule is Cc1ccc(C(=O)N(CC(=O)O)CC2CC2F)c(C)c1. The molecule has 0 saturated heterocycles. The highest BCUT2D eigenvalue weighted by Gasteiger charge is 2.40. The molecule has 1 aromatic carbocycles. The topological polar surface area (TPSA) is 57.6 Å². The highest BCUT2D eigenvalue weighted by Crippen LogP contribution is 2.34. The summed E-state index contributed by atoms with van der Waals surface area (Å²) in [6, 6.07) is 5.39. The number of nitrogens with zero attached hydrogens (tertiary/aromatic N) is 1. The molecule has 1 aliphatic rings. The zero-order valence-electron chi connectivity index (χ0n) is 11.6. The molecule has 2 rings (SSSR count). The molecule has 2 atom stereocenters. The fourth-order valence-electron chi connectivity index (χ4n) is 2.29. The van der Waals surface area contributed by atoms with Crippen LogP contribution in [0.5, 0.6) is 0 Å². The van der Waals surface area contributed by atoms with Crippen molar-refractivity contribution in [3.05, 3.63) is 34.9 Å². The smallest absolute Gasteiger partial charge is 0.323 e. The van der Waals surface area contributed by atoms with Gasteiger partial charge in [0.1, 0.15) is 12.7 Å². The number of hydrogen-bond acceptors (Lipinski definition) is 2. The molecule has 0 aromatic heterocycles. The number of carboxylic acid groups (broad SMARTS) is 1.